The van der Waals surface area contributed by atoms with E-state index < -0.39 is 0 Å². The van der Waals surface area contributed by atoms with Gasteiger partial charge in [0.1, 0.15) is 0 Å². The molecule has 66 valence electrons. The molecule has 0 aromatic heterocycles. The second-order valence-electron chi connectivity index (χ2n) is 3.00. The molecule has 2 nitrogen and oxygen atoms in total. The van der Waals surface area contributed by atoms with Crippen LogP contribution in [0.2, 0.25) is 0 Å². The third kappa shape index (κ3) is 10.5. The van der Waals surface area contributed by atoms with E-state index in [9.17, 15) is 4.79 Å². The number of ether oxygens (including phenoxy) is 1. The Labute approximate surface area is 97.3 Å². The normalized spacial score (nSPS) is 9.33. The Morgan fingerprint density at radius 1 is 1.33 bits per heavy atom. The molecular weight excluding hydrogens is 163 g/mol. The van der Waals surface area contributed by atoms with Gasteiger partial charge >= 0.3 is 35.5 Å². The molecule has 0 heterocycles. The Morgan fingerprint density at radius 3 is 2.33 bits per heavy atom. The zero-order valence-electron chi connectivity index (χ0n) is 8.72. The van der Waals surface area contributed by atoms with Gasteiger partial charge in [-0.1, -0.05) is 19.8 Å². The molecular formula is C9H18NaO2+. The third-order valence-corrected chi connectivity index (χ3v) is 1.35. The van der Waals surface area contributed by atoms with Crippen LogP contribution in [0.4, 0.5) is 0 Å². The van der Waals surface area contributed by atoms with Crippen molar-refractivity contribution in [2.75, 3.05) is 0 Å². The van der Waals surface area contributed by atoms with Gasteiger partial charge in [0, 0.05) is 6.42 Å². The minimum Gasteiger partial charge on any atom is -0.463 e. The molecule has 0 aromatic rings. The molecule has 0 bridgehead atoms. The average molecular weight is 181 g/mol. The number of carbonyl (C=O) groups is 1. The fourth-order valence-electron chi connectivity index (χ4n) is 0.841. The Hall–Kier alpha value is 0.470. The molecule has 0 aliphatic heterocycles. The summed E-state index contributed by atoms with van der Waals surface area (Å²) in [5.74, 6) is -0.0616. The number of hydrogen-bond acceptors (Lipinski definition) is 2. The molecule has 0 aliphatic carbocycles. The predicted molar refractivity (Wildman–Crippen MR) is 45.4 cm³/mol. The van der Waals surface area contributed by atoms with Crippen LogP contribution in [0.3, 0.4) is 0 Å². The van der Waals surface area contributed by atoms with Crippen molar-refractivity contribution in [3.8, 4) is 0 Å². The van der Waals surface area contributed by atoms with Gasteiger partial charge in [0.15, 0.2) is 0 Å². The predicted octanol–water partition coefficient (Wildman–Crippen LogP) is -0.478. The Kier molecular flexibility index (Phi) is 11.9. The van der Waals surface area contributed by atoms with Crippen molar-refractivity contribution >= 4 is 5.97 Å². The van der Waals surface area contributed by atoms with Crippen LogP contribution in [0, 0.1) is 0 Å². The van der Waals surface area contributed by atoms with Gasteiger partial charge in [-0.3, -0.25) is 4.79 Å². The summed E-state index contributed by atoms with van der Waals surface area (Å²) in [4.78, 5) is 10.9. The van der Waals surface area contributed by atoms with Gasteiger partial charge in [0.05, 0.1) is 6.10 Å². The van der Waals surface area contributed by atoms with Gasteiger partial charge in [-0.25, -0.2) is 0 Å². The second-order valence-corrected chi connectivity index (χ2v) is 3.00. The Balaban J connectivity index is 0. The van der Waals surface area contributed by atoms with Crippen molar-refractivity contribution in [2.45, 2.75) is 52.6 Å². The molecule has 0 amide bonds. The van der Waals surface area contributed by atoms with E-state index >= 15 is 0 Å². The molecule has 0 radical (unpaired) electrons. The first-order valence-corrected chi connectivity index (χ1v) is 4.36. The first-order valence-electron chi connectivity index (χ1n) is 4.36. The first-order chi connectivity index (χ1) is 5.16. The standard InChI is InChI=1S/C9H18O2.Na/c1-4-5-6-7-9(10)11-8(2)3;/h8H,4-7H2,1-3H3;/q;+1. The van der Waals surface area contributed by atoms with Crippen LogP contribution in [-0.2, 0) is 9.53 Å². The summed E-state index contributed by atoms with van der Waals surface area (Å²) in [6.45, 7) is 5.86. The SMILES string of the molecule is CCCCCC(=O)OC(C)C.[Na+]. The van der Waals surface area contributed by atoms with Gasteiger partial charge < -0.3 is 4.74 Å². The van der Waals surface area contributed by atoms with Crippen LogP contribution < -0.4 is 29.6 Å². The topological polar surface area (TPSA) is 26.3 Å². The smallest absolute Gasteiger partial charge is 0.463 e. The fraction of sp³-hybridized carbons (Fsp3) is 0.889. The summed E-state index contributed by atoms with van der Waals surface area (Å²) in [7, 11) is 0. The molecule has 0 saturated heterocycles. The average Bonchev–Trinajstić information content (AvgIpc) is 1.86. The van der Waals surface area contributed by atoms with E-state index in [4.69, 9.17) is 4.74 Å². The van der Waals surface area contributed by atoms with Crippen molar-refractivity contribution in [3.63, 3.8) is 0 Å². The van der Waals surface area contributed by atoms with Gasteiger partial charge in [-0.2, -0.15) is 0 Å². The van der Waals surface area contributed by atoms with E-state index in [0.29, 0.717) is 6.42 Å². The quantitative estimate of drug-likeness (QED) is 0.325. The molecule has 0 aromatic carbocycles. The van der Waals surface area contributed by atoms with Crippen LogP contribution in [0.25, 0.3) is 0 Å². The van der Waals surface area contributed by atoms with Crippen molar-refractivity contribution in [3.05, 3.63) is 0 Å². The summed E-state index contributed by atoms with van der Waals surface area (Å²) in [6.07, 6.45) is 3.83. The molecule has 0 fully saturated rings. The Bertz CT molecular complexity index is 113. The first kappa shape index (κ1) is 15.0. The monoisotopic (exact) mass is 181 g/mol. The molecule has 0 spiro atoms. The zero-order valence-corrected chi connectivity index (χ0v) is 10.7. The molecule has 0 atom stereocenters. The van der Waals surface area contributed by atoms with Crippen LogP contribution in [0.15, 0.2) is 0 Å². The van der Waals surface area contributed by atoms with Crippen LogP contribution >= 0.6 is 0 Å². The van der Waals surface area contributed by atoms with Crippen molar-refractivity contribution < 1.29 is 39.1 Å². The van der Waals surface area contributed by atoms with E-state index in [1.165, 1.54) is 0 Å². The van der Waals surface area contributed by atoms with Crippen LogP contribution in [-0.4, -0.2) is 12.1 Å². The van der Waals surface area contributed by atoms with Gasteiger partial charge in [-0.15, -0.1) is 0 Å². The van der Waals surface area contributed by atoms with E-state index in [1.54, 1.807) is 0 Å². The molecule has 0 saturated carbocycles. The van der Waals surface area contributed by atoms with Gasteiger partial charge in [0.25, 0.3) is 0 Å². The summed E-state index contributed by atoms with van der Waals surface area (Å²) in [5, 5.41) is 0. The van der Waals surface area contributed by atoms with Gasteiger partial charge in [0.2, 0.25) is 0 Å². The van der Waals surface area contributed by atoms with E-state index in [2.05, 4.69) is 6.92 Å². The number of unbranched alkanes of at least 4 members (excludes halogenated alkanes) is 2. The number of carbonyl (C=O) groups excluding carboxylic acids is 1. The zero-order chi connectivity index (χ0) is 8.69. The summed E-state index contributed by atoms with van der Waals surface area (Å²) in [5.41, 5.74) is 0. The fourth-order valence-corrected chi connectivity index (χ4v) is 0.841. The van der Waals surface area contributed by atoms with Crippen molar-refractivity contribution in [1.82, 2.24) is 0 Å². The van der Waals surface area contributed by atoms with E-state index in [1.807, 2.05) is 13.8 Å². The third-order valence-electron chi connectivity index (χ3n) is 1.35. The maximum absolute atomic E-state index is 10.9. The van der Waals surface area contributed by atoms with E-state index in [0.717, 1.165) is 19.3 Å². The largest absolute Gasteiger partial charge is 1.00 e. The van der Waals surface area contributed by atoms with Crippen LogP contribution in [0.1, 0.15) is 46.5 Å². The molecule has 0 N–H and O–H groups in total. The second kappa shape index (κ2) is 9.56. The molecule has 3 heteroatoms. The minimum absolute atomic E-state index is 0. The molecule has 0 unspecified atom stereocenters. The maximum Gasteiger partial charge on any atom is 1.00 e. The summed E-state index contributed by atoms with van der Waals surface area (Å²) < 4.78 is 4.96. The van der Waals surface area contributed by atoms with Crippen molar-refractivity contribution in [1.29, 1.82) is 0 Å². The molecule has 0 rings (SSSR count). The molecule has 12 heavy (non-hydrogen) atoms. The molecule has 0 aliphatic rings. The van der Waals surface area contributed by atoms with Crippen molar-refractivity contribution in [2.24, 2.45) is 0 Å². The van der Waals surface area contributed by atoms with Gasteiger partial charge in [-0.05, 0) is 20.3 Å². The maximum atomic E-state index is 10.9. The number of rotatable bonds is 5. The van der Waals surface area contributed by atoms with E-state index in [-0.39, 0.29) is 41.6 Å². The van der Waals surface area contributed by atoms with Crippen LogP contribution in [0.5, 0.6) is 0 Å². The minimum atomic E-state index is -0.0616. The number of esters is 1. The summed E-state index contributed by atoms with van der Waals surface area (Å²) >= 11 is 0. The Morgan fingerprint density at radius 2 is 1.92 bits per heavy atom. The summed E-state index contributed by atoms with van der Waals surface area (Å²) in [6, 6.07) is 0. The number of hydrogen-bond donors (Lipinski definition) is 0.